The van der Waals surface area contributed by atoms with Crippen LogP contribution in [0.1, 0.15) is 23.8 Å². The van der Waals surface area contributed by atoms with E-state index < -0.39 is 0 Å². The summed E-state index contributed by atoms with van der Waals surface area (Å²) < 4.78 is 7.29. The number of hydrogen-bond acceptors (Lipinski definition) is 5. The number of nitrogens with zero attached hydrogens (tertiary/aromatic N) is 4. The molecule has 0 aliphatic rings. The Balaban J connectivity index is 1.63. The van der Waals surface area contributed by atoms with Crippen molar-refractivity contribution in [3.8, 4) is 0 Å². The van der Waals surface area contributed by atoms with Crippen molar-refractivity contribution in [1.82, 2.24) is 25.3 Å². The molecule has 0 radical (unpaired) electrons. The van der Waals surface area contributed by atoms with Gasteiger partial charge >= 0.3 is 0 Å². The van der Waals surface area contributed by atoms with Crippen LogP contribution in [-0.4, -0.2) is 26.5 Å². The van der Waals surface area contributed by atoms with Gasteiger partial charge in [0.15, 0.2) is 0 Å². The van der Waals surface area contributed by atoms with Gasteiger partial charge in [0.05, 0.1) is 18.4 Å². The highest BCUT2D eigenvalue weighted by Gasteiger charge is 2.04. The van der Waals surface area contributed by atoms with Crippen LogP contribution in [0.5, 0.6) is 0 Å². The van der Waals surface area contributed by atoms with Crippen LogP contribution >= 0.6 is 0 Å². The van der Waals surface area contributed by atoms with Crippen LogP contribution in [0.4, 0.5) is 0 Å². The second-order valence-corrected chi connectivity index (χ2v) is 3.95. The van der Waals surface area contributed by atoms with E-state index >= 15 is 0 Å². The van der Waals surface area contributed by atoms with Crippen molar-refractivity contribution in [3.63, 3.8) is 0 Å². The van der Waals surface area contributed by atoms with E-state index in [1.807, 2.05) is 24.7 Å². The Kier molecular flexibility index (Phi) is 3.87. The van der Waals surface area contributed by atoms with Crippen molar-refractivity contribution < 1.29 is 4.42 Å². The number of aryl methyl sites for hydroxylation is 3. The molecule has 0 saturated heterocycles. The fourth-order valence-corrected chi connectivity index (χ4v) is 1.53. The van der Waals surface area contributed by atoms with Gasteiger partial charge in [0.1, 0.15) is 5.76 Å². The van der Waals surface area contributed by atoms with Crippen LogP contribution in [0.15, 0.2) is 16.8 Å². The van der Waals surface area contributed by atoms with Gasteiger partial charge in [-0.3, -0.25) is 4.68 Å². The van der Waals surface area contributed by atoms with Crippen LogP contribution in [0.2, 0.25) is 0 Å². The van der Waals surface area contributed by atoms with Crippen molar-refractivity contribution >= 4 is 0 Å². The predicted octanol–water partition coefficient (Wildman–Crippen LogP) is 1.06. The molecule has 0 amide bonds. The zero-order valence-corrected chi connectivity index (χ0v) is 10.2. The van der Waals surface area contributed by atoms with E-state index in [1.165, 1.54) is 0 Å². The summed E-state index contributed by atoms with van der Waals surface area (Å²) in [5.41, 5.74) is 0.962. The zero-order valence-electron chi connectivity index (χ0n) is 10.2. The van der Waals surface area contributed by atoms with Crippen molar-refractivity contribution in [2.75, 3.05) is 6.54 Å². The van der Waals surface area contributed by atoms with E-state index in [4.69, 9.17) is 4.42 Å². The van der Waals surface area contributed by atoms with Gasteiger partial charge in [0.25, 0.3) is 0 Å². The Hall–Kier alpha value is -1.69. The number of oxazole rings is 1. The molecular formula is C11H17N5O. The number of nitrogens with one attached hydrogen (secondary N) is 1. The maximum atomic E-state index is 5.47. The summed E-state index contributed by atoms with van der Waals surface area (Å²) in [4.78, 5) is 4.30. The van der Waals surface area contributed by atoms with Crippen molar-refractivity contribution in [3.05, 3.63) is 29.7 Å². The first-order chi connectivity index (χ1) is 8.25. The average Bonchev–Trinajstić information content (AvgIpc) is 2.90. The van der Waals surface area contributed by atoms with Gasteiger partial charge in [0.2, 0.25) is 5.89 Å². The third kappa shape index (κ3) is 3.39. The molecule has 2 aromatic heterocycles. The number of hydrogen-bond donors (Lipinski definition) is 1. The Morgan fingerprint density at radius 1 is 1.41 bits per heavy atom. The minimum absolute atomic E-state index is 0.673. The van der Waals surface area contributed by atoms with E-state index in [0.717, 1.165) is 36.9 Å². The second-order valence-electron chi connectivity index (χ2n) is 3.95. The summed E-state index contributed by atoms with van der Waals surface area (Å²) in [6.45, 7) is 6.33. The van der Waals surface area contributed by atoms with E-state index in [9.17, 15) is 0 Å². The molecule has 0 atom stereocenters. The average molecular weight is 235 g/mol. The smallest absolute Gasteiger partial charge is 0.208 e. The number of rotatable bonds is 6. The molecule has 0 spiro atoms. The SMILES string of the molecule is Cc1nc(CNCCCn2ccnn2)oc1C. The first-order valence-electron chi connectivity index (χ1n) is 5.73. The quantitative estimate of drug-likeness (QED) is 0.758. The van der Waals surface area contributed by atoms with Gasteiger partial charge in [-0.2, -0.15) is 0 Å². The molecule has 0 aromatic carbocycles. The summed E-state index contributed by atoms with van der Waals surface area (Å²) in [6, 6.07) is 0. The van der Waals surface area contributed by atoms with E-state index in [1.54, 1.807) is 6.20 Å². The molecule has 17 heavy (non-hydrogen) atoms. The minimum atomic E-state index is 0.673. The lowest BCUT2D eigenvalue weighted by atomic mass is 10.4. The zero-order chi connectivity index (χ0) is 12.1. The lowest BCUT2D eigenvalue weighted by Gasteiger charge is -2.01. The van der Waals surface area contributed by atoms with Crippen LogP contribution in [-0.2, 0) is 13.1 Å². The molecule has 0 unspecified atom stereocenters. The van der Waals surface area contributed by atoms with Crippen molar-refractivity contribution in [2.24, 2.45) is 0 Å². The van der Waals surface area contributed by atoms with E-state index in [-0.39, 0.29) is 0 Å². The molecule has 6 nitrogen and oxygen atoms in total. The van der Waals surface area contributed by atoms with Gasteiger partial charge in [-0.05, 0) is 26.8 Å². The van der Waals surface area contributed by atoms with Gasteiger partial charge in [-0.15, -0.1) is 5.10 Å². The van der Waals surface area contributed by atoms with Gasteiger partial charge in [-0.25, -0.2) is 4.98 Å². The second kappa shape index (κ2) is 5.58. The standard InChI is InChI=1S/C11H17N5O/c1-9-10(2)17-11(14-9)8-12-4-3-6-16-7-5-13-15-16/h5,7,12H,3-4,6,8H2,1-2H3. The van der Waals surface area contributed by atoms with Gasteiger partial charge < -0.3 is 9.73 Å². The van der Waals surface area contributed by atoms with Crippen molar-refractivity contribution in [1.29, 1.82) is 0 Å². The van der Waals surface area contributed by atoms with E-state index in [0.29, 0.717) is 6.54 Å². The Bertz CT molecular complexity index is 429. The molecular weight excluding hydrogens is 218 g/mol. The van der Waals surface area contributed by atoms with Crippen LogP contribution in [0, 0.1) is 13.8 Å². The van der Waals surface area contributed by atoms with Crippen LogP contribution < -0.4 is 5.32 Å². The first-order valence-corrected chi connectivity index (χ1v) is 5.73. The molecule has 0 saturated carbocycles. The molecule has 2 aromatic rings. The fraction of sp³-hybridized carbons (Fsp3) is 0.545. The first kappa shape index (κ1) is 11.8. The highest BCUT2D eigenvalue weighted by atomic mass is 16.4. The molecule has 0 aliphatic carbocycles. The Morgan fingerprint density at radius 3 is 2.94 bits per heavy atom. The summed E-state index contributed by atoms with van der Waals surface area (Å²) >= 11 is 0. The monoisotopic (exact) mass is 235 g/mol. The molecule has 1 N–H and O–H groups in total. The molecule has 92 valence electrons. The maximum Gasteiger partial charge on any atom is 0.208 e. The topological polar surface area (TPSA) is 68.8 Å². The summed E-state index contributed by atoms with van der Waals surface area (Å²) in [5, 5.41) is 10.9. The lowest BCUT2D eigenvalue weighted by Crippen LogP contribution is -2.16. The van der Waals surface area contributed by atoms with E-state index in [2.05, 4.69) is 20.6 Å². The van der Waals surface area contributed by atoms with Gasteiger partial charge in [-0.1, -0.05) is 5.21 Å². The predicted molar refractivity (Wildman–Crippen MR) is 62.3 cm³/mol. The maximum absolute atomic E-state index is 5.47. The van der Waals surface area contributed by atoms with Crippen LogP contribution in [0.25, 0.3) is 0 Å². The molecule has 0 bridgehead atoms. The third-order valence-corrected chi connectivity index (χ3v) is 2.56. The molecule has 6 heteroatoms. The molecule has 2 rings (SSSR count). The summed E-state index contributed by atoms with van der Waals surface area (Å²) in [5.74, 6) is 1.64. The molecule has 0 fully saturated rings. The summed E-state index contributed by atoms with van der Waals surface area (Å²) in [7, 11) is 0. The normalized spacial score (nSPS) is 10.9. The minimum Gasteiger partial charge on any atom is -0.444 e. The Morgan fingerprint density at radius 2 is 2.29 bits per heavy atom. The fourth-order valence-electron chi connectivity index (χ4n) is 1.53. The lowest BCUT2D eigenvalue weighted by molar-refractivity contribution is 0.441. The highest BCUT2D eigenvalue weighted by molar-refractivity contribution is 5.04. The third-order valence-electron chi connectivity index (χ3n) is 2.56. The van der Waals surface area contributed by atoms with Crippen molar-refractivity contribution in [2.45, 2.75) is 33.4 Å². The molecule has 0 aliphatic heterocycles. The summed E-state index contributed by atoms with van der Waals surface area (Å²) in [6.07, 6.45) is 4.55. The number of aromatic nitrogens is 4. The van der Waals surface area contributed by atoms with Gasteiger partial charge in [0, 0.05) is 12.7 Å². The Labute approximate surface area is 100 Å². The highest BCUT2D eigenvalue weighted by Crippen LogP contribution is 2.07. The van der Waals surface area contributed by atoms with Crippen LogP contribution in [0.3, 0.4) is 0 Å². The molecule has 2 heterocycles. The largest absolute Gasteiger partial charge is 0.444 e.